The Morgan fingerprint density at radius 3 is 2.80 bits per heavy atom. The van der Waals surface area contributed by atoms with Crippen LogP contribution in [-0.4, -0.2) is 46.2 Å². The van der Waals surface area contributed by atoms with Gasteiger partial charge in [-0.15, -0.1) is 0 Å². The lowest BCUT2D eigenvalue weighted by molar-refractivity contribution is -0.132. The molecule has 3 rings (SSSR count). The third-order valence-electron chi connectivity index (χ3n) is 5.93. The van der Waals surface area contributed by atoms with Crippen molar-refractivity contribution >= 4 is 11.9 Å². The molecule has 0 spiro atoms. The summed E-state index contributed by atoms with van der Waals surface area (Å²) in [6.07, 6.45) is 6.37. The second kappa shape index (κ2) is 7.04. The maximum Gasteiger partial charge on any atom is 0.339 e. The van der Waals surface area contributed by atoms with E-state index in [1.54, 1.807) is 12.3 Å². The van der Waals surface area contributed by atoms with Crippen LogP contribution in [0.4, 0.5) is 0 Å². The van der Waals surface area contributed by atoms with Crippen LogP contribution >= 0.6 is 0 Å². The van der Waals surface area contributed by atoms with Crippen molar-refractivity contribution in [2.45, 2.75) is 31.8 Å². The van der Waals surface area contributed by atoms with Crippen molar-refractivity contribution in [2.24, 2.45) is 24.8 Å². The van der Waals surface area contributed by atoms with E-state index in [9.17, 15) is 14.7 Å². The first-order chi connectivity index (χ1) is 12.0. The van der Waals surface area contributed by atoms with E-state index < -0.39 is 5.97 Å². The number of aliphatic hydroxyl groups excluding tert-OH is 1. The predicted octanol–water partition coefficient (Wildman–Crippen LogP) is 1.73. The van der Waals surface area contributed by atoms with Crippen LogP contribution in [0.5, 0.6) is 0 Å². The summed E-state index contributed by atoms with van der Waals surface area (Å²) in [6.45, 7) is 4.14. The standard InChI is InChI=1S/C19H26N2O4/c1-4-17(23)21(18-13-6-5-12(7-13)16(18)11-22)10-15-8-14(9-20(15)2)19(24)25-3/h4,8-9,12-13,16,18,22H,1,5-7,10-11H2,2-3H3/t12-,13+,16+,18-/m0/s1. The van der Waals surface area contributed by atoms with Crippen molar-refractivity contribution in [1.29, 1.82) is 0 Å². The molecule has 0 aromatic carbocycles. The molecule has 25 heavy (non-hydrogen) atoms. The highest BCUT2D eigenvalue weighted by atomic mass is 16.5. The minimum atomic E-state index is -0.392. The van der Waals surface area contributed by atoms with Gasteiger partial charge in [0.15, 0.2) is 0 Å². The third kappa shape index (κ3) is 3.11. The minimum absolute atomic E-state index is 0.0331. The summed E-state index contributed by atoms with van der Waals surface area (Å²) in [4.78, 5) is 26.2. The zero-order chi connectivity index (χ0) is 18.1. The molecule has 0 aliphatic heterocycles. The van der Waals surface area contributed by atoms with Gasteiger partial charge in [-0.3, -0.25) is 4.79 Å². The number of nitrogens with zero attached hydrogens (tertiary/aromatic N) is 2. The maximum absolute atomic E-state index is 12.6. The summed E-state index contributed by atoms with van der Waals surface area (Å²) in [5.41, 5.74) is 1.33. The van der Waals surface area contributed by atoms with Crippen molar-refractivity contribution in [3.8, 4) is 0 Å². The van der Waals surface area contributed by atoms with Gasteiger partial charge in [0.05, 0.1) is 19.2 Å². The van der Waals surface area contributed by atoms with Gasteiger partial charge in [-0.05, 0) is 43.2 Å². The highest BCUT2D eigenvalue weighted by Gasteiger charge is 2.50. The van der Waals surface area contributed by atoms with Crippen LogP contribution in [-0.2, 0) is 23.1 Å². The molecule has 2 aliphatic carbocycles. The minimum Gasteiger partial charge on any atom is -0.465 e. The molecular formula is C19H26N2O4. The lowest BCUT2D eigenvalue weighted by Gasteiger charge is -2.38. The normalized spacial score (nSPS) is 27.3. The number of aliphatic hydroxyl groups is 1. The summed E-state index contributed by atoms with van der Waals surface area (Å²) in [5.74, 6) is 0.543. The van der Waals surface area contributed by atoms with Crippen LogP contribution in [0, 0.1) is 17.8 Å². The monoisotopic (exact) mass is 346 g/mol. The molecule has 0 radical (unpaired) electrons. The van der Waals surface area contributed by atoms with E-state index in [0.717, 1.165) is 25.0 Å². The molecule has 136 valence electrons. The molecule has 1 amide bonds. The molecule has 0 unspecified atom stereocenters. The van der Waals surface area contributed by atoms with Gasteiger partial charge in [-0.25, -0.2) is 4.79 Å². The van der Waals surface area contributed by atoms with Gasteiger partial charge in [-0.1, -0.05) is 6.58 Å². The Kier molecular flexibility index (Phi) is 4.99. The van der Waals surface area contributed by atoms with Crippen molar-refractivity contribution in [2.75, 3.05) is 13.7 Å². The predicted molar refractivity (Wildman–Crippen MR) is 92.7 cm³/mol. The summed E-state index contributed by atoms with van der Waals surface area (Å²) in [5, 5.41) is 9.86. The first kappa shape index (κ1) is 17.7. The number of carbonyl (C=O) groups is 2. The number of aromatic nitrogens is 1. The van der Waals surface area contributed by atoms with Gasteiger partial charge in [0.25, 0.3) is 0 Å². The molecule has 1 heterocycles. The molecule has 2 aliphatic rings. The van der Waals surface area contributed by atoms with Gasteiger partial charge in [-0.2, -0.15) is 0 Å². The third-order valence-corrected chi connectivity index (χ3v) is 5.93. The Labute approximate surface area is 148 Å². The lowest BCUT2D eigenvalue weighted by atomic mass is 9.84. The molecular weight excluding hydrogens is 320 g/mol. The molecule has 6 heteroatoms. The average Bonchev–Trinajstić information content (AvgIpc) is 3.32. The highest BCUT2D eigenvalue weighted by Crippen LogP contribution is 2.50. The highest BCUT2D eigenvalue weighted by molar-refractivity contribution is 5.89. The zero-order valence-electron chi connectivity index (χ0n) is 14.9. The van der Waals surface area contributed by atoms with E-state index in [1.165, 1.54) is 13.2 Å². The number of hydrogen-bond acceptors (Lipinski definition) is 4. The Morgan fingerprint density at radius 2 is 2.16 bits per heavy atom. The van der Waals surface area contributed by atoms with E-state index >= 15 is 0 Å². The number of aryl methyl sites for hydroxylation is 1. The summed E-state index contributed by atoms with van der Waals surface area (Å²) < 4.78 is 6.61. The molecule has 6 nitrogen and oxygen atoms in total. The number of carbonyl (C=O) groups excluding carboxylic acids is 2. The topological polar surface area (TPSA) is 71.8 Å². The Morgan fingerprint density at radius 1 is 1.44 bits per heavy atom. The number of ether oxygens (including phenoxy) is 1. The number of esters is 1. The molecule has 1 aromatic heterocycles. The smallest absolute Gasteiger partial charge is 0.339 e. The number of methoxy groups -OCH3 is 1. The second-order valence-electron chi connectivity index (χ2n) is 7.16. The van der Waals surface area contributed by atoms with Gasteiger partial charge >= 0.3 is 5.97 Å². The van der Waals surface area contributed by atoms with Gasteiger partial charge in [0.1, 0.15) is 0 Å². The van der Waals surface area contributed by atoms with Crippen LogP contribution < -0.4 is 0 Å². The number of fused-ring (bicyclic) bond motifs is 2. The van der Waals surface area contributed by atoms with Crippen LogP contribution in [0.3, 0.4) is 0 Å². The number of amides is 1. The molecule has 2 bridgehead atoms. The average molecular weight is 346 g/mol. The van der Waals surface area contributed by atoms with Gasteiger partial charge < -0.3 is 19.3 Å². The Bertz CT molecular complexity index is 681. The van der Waals surface area contributed by atoms with Gasteiger partial charge in [0, 0.05) is 37.5 Å². The fraction of sp³-hybridized carbons (Fsp3) is 0.579. The summed E-state index contributed by atoms with van der Waals surface area (Å²) in [6, 6.07) is 1.79. The Balaban J connectivity index is 1.88. The number of hydrogen-bond donors (Lipinski definition) is 1. The molecule has 4 atom stereocenters. The molecule has 1 N–H and O–H groups in total. The van der Waals surface area contributed by atoms with E-state index in [1.807, 2.05) is 16.5 Å². The number of rotatable bonds is 6. The van der Waals surface area contributed by atoms with Crippen LogP contribution in [0.2, 0.25) is 0 Å². The first-order valence-electron chi connectivity index (χ1n) is 8.77. The largest absolute Gasteiger partial charge is 0.465 e. The SMILES string of the molecule is C=CC(=O)N(Cc1cc(C(=O)OC)cn1C)[C@H]1[C@@H]2CC[C@@H](C2)[C@H]1CO. The van der Waals surface area contributed by atoms with Crippen LogP contribution in [0.25, 0.3) is 0 Å². The quantitative estimate of drug-likeness (QED) is 0.629. The summed E-state index contributed by atoms with van der Waals surface area (Å²) in [7, 11) is 3.20. The first-order valence-corrected chi connectivity index (χ1v) is 8.77. The van der Waals surface area contributed by atoms with E-state index in [-0.39, 0.29) is 24.5 Å². The second-order valence-corrected chi connectivity index (χ2v) is 7.16. The molecule has 1 aromatic rings. The van der Waals surface area contributed by atoms with E-state index in [2.05, 4.69) is 6.58 Å². The van der Waals surface area contributed by atoms with Crippen molar-refractivity contribution < 1.29 is 19.4 Å². The molecule has 2 saturated carbocycles. The van der Waals surface area contributed by atoms with E-state index in [4.69, 9.17) is 4.74 Å². The molecule has 0 saturated heterocycles. The van der Waals surface area contributed by atoms with Crippen molar-refractivity contribution in [1.82, 2.24) is 9.47 Å². The van der Waals surface area contributed by atoms with Gasteiger partial charge in [0.2, 0.25) is 5.91 Å². The van der Waals surface area contributed by atoms with Crippen molar-refractivity contribution in [3.63, 3.8) is 0 Å². The zero-order valence-corrected chi connectivity index (χ0v) is 14.9. The lowest BCUT2D eigenvalue weighted by Crippen LogP contribution is -2.47. The summed E-state index contributed by atoms with van der Waals surface area (Å²) >= 11 is 0. The van der Waals surface area contributed by atoms with E-state index in [0.29, 0.717) is 23.9 Å². The molecule has 2 fully saturated rings. The maximum atomic E-state index is 12.6. The fourth-order valence-electron chi connectivity index (χ4n) is 4.74. The Hall–Kier alpha value is -2.08. The fourth-order valence-corrected chi connectivity index (χ4v) is 4.74. The van der Waals surface area contributed by atoms with Crippen molar-refractivity contribution in [3.05, 3.63) is 36.2 Å². The van der Waals surface area contributed by atoms with Crippen LogP contribution in [0.15, 0.2) is 24.9 Å². The van der Waals surface area contributed by atoms with Crippen LogP contribution in [0.1, 0.15) is 35.3 Å².